The van der Waals surface area contributed by atoms with Crippen LogP contribution in [0, 0.1) is 0 Å². The van der Waals surface area contributed by atoms with Crippen LogP contribution in [0.5, 0.6) is 0 Å². The first-order valence-corrected chi connectivity index (χ1v) is 12.4. The predicted molar refractivity (Wildman–Crippen MR) is 156 cm³/mol. The number of benzene rings is 3. The van der Waals surface area contributed by atoms with Crippen LogP contribution in [0.25, 0.3) is 65.9 Å². The molecule has 7 aromatic rings. The highest BCUT2D eigenvalue weighted by Gasteiger charge is 2.22. The maximum atomic E-state index is 5.08. The van der Waals surface area contributed by atoms with Crippen LogP contribution in [0.15, 0.2) is 122 Å². The quantitative estimate of drug-likeness (QED) is 0.239. The van der Waals surface area contributed by atoms with Crippen LogP contribution >= 0.6 is 0 Å². The molecule has 0 saturated heterocycles. The first kappa shape index (κ1) is 21.3. The van der Waals surface area contributed by atoms with Gasteiger partial charge in [0.2, 0.25) is 0 Å². The first-order chi connectivity index (χ1) is 18.3. The number of hydrogen-bond donors (Lipinski definition) is 0. The van der Waals surface area contributed by atoms with Crippen LogP contribution in [0.2, 0.25) is 0 Å². The van der Waals surface area contributed by atoms with E-state index < -0.39 is 0 Å². The fraction of sp³-hybridized carbons (Fsp3) is 0.0303. The molecule has 4 aromatic heterocycles. The smallest absolute Gasteiger partial charge is 0.0972 e. The van der Waals surface area contributed by atoms with Gasteiger partial charge in [-0.2, -0.15) is 0 Å². The highest BCUT2D eigenvalue weighted by Crippen LogP contribution is 2.41. The number of hydrogen-bond acceptors (Lipinski definition) is 2. The number of allylic oxidation sites excluding steroid dienone is 5. The summed E-state index contributed by atoms with van der Waals surface area (Å²) >= 11 is 0. The minimum Gasteiger partial charge on any atom is -0.308 e. The van der Waals surface area contributed by atoms with Crippen molar-refractivity contribution in [3.63, 3.8) is 0 Å². The molecule has 0 spiro atoms. The third kappa shape index (κ3) is 3.02. The van der Waals surface area contributed by atoms with E-state index in [-0.39, 0.29) is 0 Å². The molecule has 176 valence electrons. The second-order valence-corrected chi connectivity index (χ2v) is 9.12. The van der Waals surface area contributed by atoms with E-state index in [0.29, 0.717) is 0 Å². The van der Waals surface area contributed by atoms with Crippen molar-refractivity contribution in [3.05, 3.63) is 122 Å². The molecule has 0 unspecified atom stereocenters. The molecule has 0 aliphatic rings. The Bertz CT molecular complexity index is 2060. The molecule has 0 aliphatic heterocycles. The van der Waals surface area contributed by atoms with Gasteiger partial charge in [0, 0.05) is 33.4 Å². The number of rotatable bonds is 4. The molecule has 0 fully saturated rings. The van der Waals surface area contributed by atoms with Crippen molar-refractivity contribution in [1.29, 1.82) is 0 Å². The van der Waals surface area contributed by atoms with E-state index in [2.05, 4.69) is 106 Å². The number of pyridine rings is 2. The van der Waals surface area contributed by atoms with Crippen molar-refractivity contribution in [2.45, 2.75) is 6.92 Å². The van der Waals surface area contributed by atoms with Gasteiger partial charge in [-0.05, 0) is 42.7 Å². The highest BCUT2D eigenvalue weighted by molar-refractivity contribution is 6.25. The van der Waals surface area contributed by atoms with Gasteiger partial charge < -0.3 is 9.13 Å². The van der Waals surface area contributed by atoms with Gasteiger partial charge in [0.25, 0.3) is 0 Å². The molecule has 0 saturated carbocycles. The summed E-state index contributed by atoms with van der Waals surface area (Å²) in [5, 5.41) is 5.83. The second kappa shape index (κ2) is 8.32. The van der Waals surface area contributed by atoms with Crippen LogP contribution in [-0.4, -0.2) is 19.1 Å². The third-order valence-corrected chi connectivity index (χ3v) is 7.10. The van der Waals surface area contributed by atoms with E-state index in [1.165, 1.54) is 21.5 Å². The fourth-order valence-corrected chi connectivity index (χ4v) is 5.66. The number of para-hydroxylation sites is 1. The Morgan fingerprint density at radius 2 is 1.62 bits per heavy atom. The zero-order valence-corrected chi connectivity index (χ0v) is 20.5. The van der Waals surface area contributed by atoms with E-state index in [1.54, 1.807) is 0 Å². The Hall–Kier alpha value is -4.96. The molecule has 4 nitrogen and oxygen atoms in total. The van der Waals surface area contributed by atoms with Crippen LogP contribution in [0.1, 0.15) is 6.92 Å². The van der Waals surface area contributed by atoms with E-state index in [9.17, 15) is 0 Å². The minimum atomic E-state index is 0.973. The monoisotopic (exact) mass is 476 g/mol. The molecule has 37 heavy (non-hydrogen) atoms. The standard InChI is InChI=1S/C33H24N4/c1-3-10-23(11-4-2)36-28-16-8-7-15-25(28)31-30(36)21-35-32-26-18-19-34-20-29(26)37(33(31)32)27-17-9-13-22-12-5-6-14-24(22)27/h3-21H,1H2,2H3/b11-4-,23-10+. The average Bonchev–Trinajstić information content (AvgIpc) is 3.45. The minimum absolute atomic E-state index is 0.973. The van der Waals surface area contributed by atoms with Gasteiger partial charge in [-0.15, -0.1) is 0 Å². The van der Waals surface area contributed by atoms with Crippen molar-refractivity contribution in [3.8, 4) is 5.69 Å². The van der Waals surface area contributed by atoms with Crippen LogP contribution in [0.4, 0.5) is 0 Å². The Balaban J connectivity index is 1.76. The molecule has 0 amide bonds. The topological polar surface area (TPSA) is 35.6 Å². The maximum Gasteiger partial charge on any atom is 0.0972 e. The molecular weight excluding hydrogens is 452 g/mol. The molecule has 0 N–H and O–H groups in total. The van der Waals surface area contributed by atoms with E-state index >= 15 is 0 Å². The van der Waals surface area contributed by atoms with Gasteiger partial charge in [0.1, 0.15) is 0 Å². The van der Waals surface area contributed by atoms with Gasteiger partial charge in [0.05, 0.1) is 45.7 Å². The Morgan fingerprint density at radius 1 is 0.811 bits per heavy atom. The number of nitrogens with zero attached hydrogens (tertiary/aromatic N) is 4. The van der Waals surface area contributed by atoms with Gasteiger partial charge >= 0.3 is 0 Å². The molecular formula is C33H24N4. The summed E-state index contributed by atoms with van der Waals surface area (Å²) in [5.41, 5.74) is 7.45. The van der Waals surface area contributed by atoms with Gasteiger partial charge in [-0.3, -0.25) is 9.97 Å². The lowest BCUT2D eigenvalue weighted by Crippen LogP contribution is -1.97. The summed E-state index contributed by atoms with van der Waals surface area (Å²) < 4.78 is 4.63. The van der Waals surface area contributed by atoms with Gasteiger partial charge in [-0.25, -0.2) is 0 Å². The molecule has 3 aromatic carbocycles. The lowest BCUT2D eigenvalue weighted by atomic mass is 10.1. The molecule has 4 heteroatoms. The van der Waals surface area contributed by atoms with Crippen molar-refractivity contribution in [2.75, 3.05) is 0 Å². The van der Waals surface area contributed by atoms with E-state index in [0.717, 1.165) is 44.4 Å². The van der Waals surface area contributed by atoms with Crippen LogP contribution in [0.3, 0.4) is 0 Å². The molecule has 0 radical (unpaired) electrons. The summed E-state index contributed by atoms with van der Waals surface area (Å²) in [5.74, 6) is 0. The van der Waals surface area contributed by atoms with Crippen molar-refractivity contribution >= 4 is 60.2 Å². The van der Waals surface area contributed by atoms with Gasteiger partial charge in [-0.1, -0.05) is 73.3 Å². The normalized spacial score (nSPS) is 12.6. The fourth-order valence-electron chi connectivity index (χ4n) is 5.66. The lowest BCUT2D eigenvalue weighted by molar-refractivity contribution is 1.18. The maximum absolute atomic E-state index is 5.08. The molecule has 0 bridgehead atoms. The zero-order valence-electron chi connectivity index (χ0n) is 20.5. The van der Waals surface area contributed by atoms with Crippen LogP contribution in [-0.2, 0) is 0 Å². The highest BCUT2D eigenvalue weighted by atomic mass is 15.0. The molecule has 7 rings (SSSR count). The largest absolute Gasteiger partial charge is 0.308 e. The van der Waals surface area contributed by atoms with Crippen molar-refractivity contribution in [1.82, 2.24) is 19.1 Å². The van der Waals surface area contributed by atoms with Gasteiger partial charge in [0.15, 0.2) is 0 Å². The lowest BCUT2D eigenvalue weighted by Gasteiger charge is -2.12. The van der Waals surface area contributed by atoms with Crippen molar-refractivity contribution in [2.24, 2.45) is 0 Å². The summed E-state index contributed by atoms with van der Waals surface area (Å²) in [4.78, 5) is 9.59. The van der Waals surface area contributed by atoms with E-state index in [4.69, 9.17) is 4.98 Å². The van der Waals surface area contributed by atoms with Crippen molar-refractivity contribution < 1.29 is 0 Å². The second-order valence-electron chi connectivity index (χ2n) is 9.12. The summed E-state index contributed by atoms with van der Waals surface area (Å²) in [7, 11) is 0. The molecule has 0 aliphatic carbocycles. The SMILES string of the molecule is C=C/C=C(\C=C/C)n1c2ccccc2c2c1cnc1c3ccncc3n(-c3cccc4ccccc34)c12. The first-order valence-electron chi connectivity index (χ1n) is 12.4. The summed E-state index contributed by atoms with van der Waals surface area (Å²) in [6.45, 7) is 6.00. The van der Waals surface area contributed by atoms with Crippen LogP contribution < -0.4 is 0 Å². The third-order valence-electron chi connectivity index (χ3n) is 7.10. The molecule has 4 heterocycles. The summed E-state index contributed by atoms with van der Waals surface area (Å²) in [6.07, 6.45) is 13.9. The average molecular weight is 477 g/mol. The zero-order chi connectivity index (χ0) is 24.9. The summed E-state index contributed by atoms with van der Waals surface area (Å²) in [6, 6.07) is 25.7. The predicted octanol–water partition coefficient (Wildman–Crippen LogP) is 8.44. The Morgan fingerprint density at radius 3 is 2.49 bits per heavy atom. The number of aromatic nitrogens is 4. The number of fused-ring (bicyclic) bond motifs is 8. The Labute approximate surface area is 214 Å². The van der Waals surface area contributed by atoms with E-state index in [1.807, 2.05) is 37.7 Å². The molecule has 0 atom stereocenters. The Kier molecular flexibility index (Phi) is 4.79.